The Labute approximate surface area is 123 Å². The second kappa shape index (κ2) is 4.76. The topological polar surface area (TPSA) is 63.3 Å². The highest BCUT2D eigenvalue weighted by molar-refractivity contribution is 9.10. The van der Waals surface area contributed by atoms with E-state index in [1.165, 1.54) is 0 Å². The number of carboxylic acids is 1. The van der Waals surface area contributed by atoms with Gasteiger partial charge in [0.2, 0.25) is 0 Å². The van der Waals surface area contributed by atoms with E-state index in [1.807, 2.05) is 6.07 Å². The maximum Gasteiger partial charge on any atom is 0.336 e. The van der Waals surface area contributed by atoms with Crippen molar-refractivity contribution in [2.45, 2.75) is 6.92 Å². The third-order valence-corrected chi connectivity index (χ3v) is 3.65. The second-order valence-electron chi connectivity index (χ2n) is 4.40. The predicted molar refractivity (Wildman–Crippen MR) is 78.8 cm³/mol. The predicted octanol–water partition coefficient (Wildman–Crippen LogP) is 4.26. The molecule has 1 aromatic carbocycles. The van der Waals surface area contributed by atoms with Crippen LogP contribution in [0.15, 0.2) is 45.5 Å². The lowest BCUT2D eigenvalue weighted by molar-refractivity contribution is 0.0698. The van der Waals surface area contributed by atoms with Gasteiger partial charge < -0.3 is 9.52 Å². The van der Waals surface area contributed by atoms with Gasteiger partial charge in [-0.15, -0.1) is 0 Å². The molecule has 1 N–H and O–H groups in total. The highest BCUT2D eigenvalue weighted by Gasteiger charge is 2.19. The molecule has 3 aromatic rings. The molecule has 0 saturated heterocycles. The molecule has 5 heteroatoms. The van der Waals surface area contributed by atoms with E-state index >= 15 is 0 Å². The monoisotopic (exact) mass is 331 g/mol. The summed E-state index contributed by atoms with van der Waals surface area (Å²) in [4.78, 5) is 16.1. The highest BCUT2D eigenvalue weighted by Crippen LogP contribution is 2.31. The summed E-state index contributed by atoms with van der Waals surface area (Å²) in [5.74, 6) is -0.406. The van der Waals surface area contributed by atoms with Crippen molar-refractivity contribution in [2.75, 3.05) is 0 Å². The molecule has 0 aliphatic rings. The Balaban J connectivity index is 2.43. The molecule has 4 nitrogen and oxygen atoms in total. The summed E-state index contributed by atoms with van der Waals surface area (Å²) in [5, 5.41) is 10.1. The number of aromatic nitrogens is 1. The molecule has 0 aliphatic heterocycles. The van der Waals surface area contributed by atoms with Gasteiger partial charge in [-0.2, -0.15) is 0 Å². The first-order chi connectivity index (χ1) is 9.58. The molecule has 2 heterocycles. The number of fused-ring (bicyclic) bond motifs is 1. The van der Waals surface area contributed by atoms with E-state index < -0.39 is 5.97 Å². The van der Waals surface area contributed by atoms with Gasteiger partial charge in [-0.3, -0.25) is 0 Å². The lowest BCUT2D eigenvalue weighted by Crippen LogP contribution is -2.04. The molecule has 0 saturated carbocycles. The van der Waals surface area contributed by atoms with Gasteiger partial charge in [0, 0.05) is 9.86 Å². The molecular formula is C15H10BrNO3. The summed E-state index contributed by atoms with van der Waals surface area (Å²) in [6.07, 6.45) is 1.54. The summed E-state index contributed by atoms with van der Waals surface area (Å²) in [6, 6.07) is 8.89. The van der Waals surface area contributed by atoms with Crippen molar-refractivity contribution in [3.05, 3.63) is 52.2 Å². The van der Waals surface area contributed by atoms with E-state index in [0.717, 1.165) is 4.47 Å². The fourth-order valence-corrected chi connectivity index (χ4v) is 2.61. The van der Waals surface area contributed by atoms with Crippen LogP contribution in [0.4, 0.5) is 0 Å². The minimum Gasteiger partial charge on any atom is -0.478 e. The minimum atomic E-state index is -0.968. The van der Waals surface area contributed by atoms with Crippen LogP contribution in [0.3, 0.4) is 0 Å². The van der Waals surface area contributed by atoms with Crippen LogP contribution in [-0.2, 0) is 0 Å². The van der Waals surface area contributed by atoms with E-state index in [0.29, 0.717) is 27.9 Å². The van der Waals surface area contributed by atoms with Crippen molar-refractivity contribution >= 4 is 32.8 Å². The Kier molecular flexibility index (Phi) is 3.06. The van der Waals surface area contributed by atoms with Crippen LogP contribution < -0.4 is 0 Å². The first-order valence-electron chi connectivity index (χ1n) is 5.95. The summed E-state index contributed by atoms with van der Waals surface area (Å²) < 4.78 is 6.20. The normalized spacial score (nSPS) is 10.9. The lowest BCUT2D eigenvalue weighted by atomic mass is 10.0. The number of hydrogen-bond donors (Lipinski definition) is 1. The Morgan fingerprint density at radius 1 is 1.35 bits per heavy atom. The molecule has 0 radical (unpaired) electrons. The fraction of sp³-hybridized carbons (Fsp3) is 0.0667. The Morgan fingerprint density at radius 2 is 2.15 bits per heavy atom. The van der Waals surface area contributed by atoms with Crippen LogP contribution in [0.2, 0.25) is 0 Å². The Morgan fingerprint density at radius 3 is 2.80 bits per heavy atom. The molecule has 0 fully saturated rings. The van der Waals surface area contributed by atoms with Crippen molar-refractivity contribution < 1.29 is 14.3 Å². The second-order valence-corrected chi connectivity index (χ2v) is 5.32. The zero-order chi connectivity index (χ0) is 14.3. The Bertz CT molecular complexity index is 810. The van der Waals surface area contributed by atoms with Gasteiger partial charge >= 0.3 is 5.97 Å². The number of rotatable bonds is 2. The van der Waals surface area contributed by atoms with Crippen LogP contribution in [0.1, 0.15) is 15.9 Å². The minimum absolute atomic E-state index is 0.258. The number of hydrogen-bond acceptors (Lipinski definition) is 3. The van der Waals surface area contributed by atoms with E-state index in [-0.39, 0.29) is 5.56 Å². The average molecular weight is 332 g/mol. The van der Waals surface area contributed by atoms with E-state index in [1.54, 1.807) is 37.5 Å². The molecule has 0 unspecified atom stereocenters. The lowest BCUT2D eigenvalue weighted by Gasteiger charge is -2.10. The molecule has 0 bridgehead atoms. The smallest absolute Gasteiger partial charge is 0.336 e. The number of halogens is 1. The van der Waals surface area contributed by atoms with Gasteiger partial charge in [-0.25, -0.2) is 9.78 Å². The van der Waals surface area contributed by atoms with Crippen LogP contribution >= 0.6 is 15.9 Å². The van der Waals surface area contributed by atoms with E-state index in [2.05, 4.69) is 20.9 Å². The molecule has 2 aromatic heterocycles. The summed E-state index contributed by atoms with van der Waals surface area (Å²) in [7, 11) is 0. The zero-order valence-electron chi connectivity index (χ0n) is 10.6. The van der Waals surface area contributed by atoms with Crippen LogP contribution in [0.25, 0.3) is 22.4 Å². The number of nitrogens with zero attached hydrogens (tertiary/aromatic N) is 1. The molecule has 0 amide bonds. The van der Waals surface area contributed by atoms with Crippen molar-refractivity contribution in [1.29, 1.82) is 0 Å². The van der Waals surface area contributed by atoms with Gasteiger partial charge in [0.25, 0.3) is 0 Å². The van der Waals surface area contributed by atoms with Crippen molar-refractivity contribution in [1.82, 2.24) is 4.98 Å². The number of carbonyl (C=O) groups is 1. The van der Waals surface area contributed by atoms with Crippen molar-refractivity contribution in [3.63, 3.8) is 0 Å². The zero-order valence-corrected chi connectivity index (χ0v) is 12.1. The Hall–Kier alpha value is -2.14. The number of benzene rings is 1. The van der Waals surface area contributed by atoms with Gasteiger partial charge in [0.15, 0.2) is 5.76 Å². The van der Waals surface area contributed by atoms with Crippen LogP contribution in [0.5, 0.6) is 0 Å². The number of carboxylic acid groups (broad SMARTS) is 1. The fourth-order valence-electron chi connectivity index (χ4n) is 2.26. The standard InChI is InChI=1S/C15H10BrNO3/c1-8-13(15(18)19)10-5-4-9(16)7-11(10)17-14(8)12-3-2-6-20-12/h2-7H,1H3,(H,18,19). The third kappa shape index (κ3) is 2.00. The molecule has 0 atom stereocenters. The third-order valence-electron chi connectivity index (χ3n) is 3.16. The van der Waals surface area contributed by atoms with Crippen molar-refractivity contribution in [2.24, 2.45) is 0 Å². The van der Waals surface area contributed by atoms with E-state index in [4.69, 9.17) is 4.42 Å². The van der Waals surface area contributed by atoms with E-state index in [9.17, 15) is 9.90 Å². The maximum absolute atomic E-state index is 11.6. The quantitative estimate of drug-likeness (QED) is 0.761. The number of furan rings is 1. The van der Waals surface area contributed by atoms with Crippen LogP contribution in [-0.4, -0.2) is 16.1 Å². The molecule has 20 heavy (non-hydrogen) atoms. The molecule has 0 aliphatic carbocycles. The van der Waals surface area contributed by atoms with Crippen LogP contribution in [0, 0.1) is 6.92 Å². The average Bonchev–Trinajstić information content (AvgIpc) is 2.91. The maximum atomic E-state index is 11.6. The molecule has 100 valence electrons. The van der Waals surface area contributed by atoms with Gasteiger partial charge in [-0.05, 0) is 36.8 Å². The summed E-state index contributed by atoms with van der Waals surface area (Å²) >= 11 is 3.37. The number of aromatic carboxylic acids is 1. The highest BCUT2D eigenvalue weighted by atomic mass is 79.9. The SMILES string of the molecule is Cc1c(-c2ccco2)nc2cc(Br)ccc2c1C(=O)O. The summed E-state index contributed by atoms with van der Waals surface area (Å²) in [5.41, 5.74) is 2.03. The largest absolute Gasteiger partial charge is 0.478 e. The van der Waals surface area contributed by atoms with Gasteiger partial charge in [-0.1, -0.05) is 22.0 Å². The van der Waals surface area contributed by atoms with Crippen molar-refractivity contribution in [3.8, 4) is 11.5 Å². The molecule has 3 rings (SSSR count). The van der Waals surface area contributed by atoms with Gasteiger partial charge in [0.1, 0.15) is 5.69 Å². The number of pyridine rings is 1. The van der Waals surface area contributed by atoms with Gasteiger partial charge in [0.05, 0.1) is 17.3 Å². The first-order valence-corrected chi connectivity index (χ1v) is 6.74. The molecule has 0 spiro atoms. The summed E-state index contributed by atoms with van der Waals surface area (Å²) in [6.45, 7) is 1.75. The molecular weight excluding hydrogens is 322 g/mol. The first kappa shape index (κ1) is 12.9.